The molecule has 2 saturated heterocycles. The van der Waals surface area contributed by atoms with E-state index >= 15 is 0 Å². The summed E-state index contributed by atoms with van der Waals surface area (Å²) >= 11 is 0. The first-order chi connectivity index (χ1) is 26.7. The average Bonchev–Trinajstić information content (AvgIpc) is 3.81. The van der Waals surface area contributed by atoms with Crippen molar-refractivity contribution < 1.29 is 28.7 Å². The zero-order chi connectivity index (χ0) is 37.2. The molecule has 4 aromatic rings. The van der Waals surface area contributed by atoms with E-state index in [1.165, 1.54) is 44.1 Å². The molecule has 54 heavy (non-hydrogen) atoms. The minimum atomic E-state index is -0.278. The van der Waals surface area contributed by atoms with Gasteiger partial charge in [-0.3, -0.25) is 0 Å². The Labute approximate surface area is 319 Å². The normalized spacial score (nSPS) is 19.5. The Kier molecular flexibility index (Phi) is 15.6. The number of fused-ring (bicyclic) bond motifs is 1. The van der Waals surface area contributed by atoms with Gasteiger partial charge in [-0.1, -0.05) is 76.6 Å². The van der Waals surface area contributed by atoms with Crippen molar-refractivity contribution in [3.8, 4) is 11.5 Å². The van der Waals surface area contributed by atoms with Crippen LogP contribution in [0.5, 0.6) is 11.5 Å². The first-order valence-corrected chi connectivity index (χ1v) is 19.7. The third-order valence-corrected chi connectivity index (χ3v) is 9.67. The summed E-state index contributed by atoms with van der Waals surface area (Å²) in [6.45, 7) is 7.26. The predicted molar refractivity (Wildman–Crippen MR) is 210 cm³/mol. The molecule has 0 aromatic heterocycles. The molecule has 0 radical (unpaired) electrons. The quantitative estimate of drug-likeness (QED) is 0.0344. The van der Waals surface area contributed by atoms with E-state index in [9.17, 15) is 0 Å². The second-order valence-electron chi connectivity index (χ2n) is 14.0. The molecule has 2 aliphatic rings. The van der Waals surface area contributed by atoms with Crippen molar-refractivity contribution in [1.82, 2.24) is 0 Å². The highest BCUT2D eigenvalue weighted by atomic mass is 17.2. The lowest BCUT2D eigenvalue weighted by molar-refractivity contribution is -0.341. The van der Waals surface area contributed by atoms with Gasteiger partial charge in [-0.2, -0.15) is 20.5 Å². The predicted octanol–water partition coefficient (Wildman–Crippen LogP) is 11.9. The maximum atomic E-state index is 6.15. The lowest BCUT2D eigenvalue weighted by Crippen LogP contribution is -2.31. The van der Waals surface area contributed by atoms with E-state index in [2.05, 4.69) is 46.4 Å². The molecule has 2 fully saturated rings. The maximum Gasteiger partial charge on any atom is 0.145 e. The fourth-order valence-electron chi connectivity index (χ4n) is 6.54. The Hall–Kier alpha value is -4.48. The van der Waals surface area contributed by atoms with Crippen molar-refractivity contribution in [3.63, 3.8) is 0 Å². The topological polar surface area (TPSA) is 105 Å². The van der Waals surface area contributed by atoms with Gasteiger partial charge in [-0.15, -0.1) is 0 Å². The summed E-state index contributed by atoms with van der Waals surface area (Å²) in [7, 11) is 0. The van der Waals surface area contributed by atoms with E-state index in [-0.39, 0.29) is 24.2 Å². The maximum absolute atomic E-state index is 6.15. The first kappa shape index (κ1) is 39.2. The van der Waals surface area contributed by atoms with E-state index in [0.717, 1.165) is 72.3 Å². The minimum absolute atomic E-state index is 0.0369. The molecule has 0 spiro atoms. The SMILES string of the molecule is CCCCCCOc1ccc(N=Nc2ccc(COO[C@H]3CO[C@@H]4[C@H](Cc5ccc(N=Nc6ccc(OCCCCCC)cc6)cc5)CO[C@@H]43)cc2)cc1. The second kappa shape index (κ2) is 21.4. The minimum Gasteiger partial charge on any atom is -0.494 e. The van der Waals surface area contributed by atoms with Gasteiger partial charge in [0.1, 0.15) is 30.3 Å². The molecule has 2 aliphatic heterocycles. The third-order valence-electron chi connectivity index (χ3n) is 9.67. The van der Waals surface area contributed by atoms with Gasteiger partial charge in [0.05, 0.1) is 55.3 Å². The van der Waals surface area contributed by atoms with Gasteiger partial charge < -0.3 is 18.9 Å². The molecule has 2 heterocycles. The van der Waals surface area contributed by atoms with Crippen molar-refractivity contribution in [3.05, 3.63) is 108 Å². The molecule has 10 heteroatoms. The number of unbranched alkanes of at least 4 members (excludes halogenated alkanes) is 6. The van der Waals surface area contributed by atoms with E-state index < -0.39 is 0 Å². The number of hydrogen-bond donors (Lipinski definition) is 0. The van der Waals surface area contributed by atoms with Crippen molar-refractivity contribution in [2.45, 2.75) is 96.6 Å². The highest BCUT2D eigenvalue weighted by Crippen LogP contribution is 2.35. The molecular formula is C44H54N4O6. The van der Waals surface area contributed by atoms with Crippen LogP contribution in [0.15, 0.2) is 118 Å². The zero-order valence-corrected chi connectivity index (χ0v) is 31.7. The molecule has 0 unspecified atom stereocenters. The zero-order valence-electron chi connectivity index (χ0n) is 31.7. The van der Waals surface area contributed by atoms with Crippen LogP contribution in [0.1, 0.15) is 76.3 Å². The first-order valence-electron chi connectivity index (χ1n) is 19.7. The Balaban J connectivity index is 0.879. The van der Waals surface area contributed by atoms with Gasteiger partial charge in [0, 0.05) is 5.92 Å². The number of hydrogen-bond acceptors (Lipinski definition) is 10. The largest absolute Gasteiger partial charge is 0.494 e. The standard InChI is InChI=1S/C44H54N4O6/c1-3-5-7-9-27-49-40-23-19-38(20-24-40)47-45-36-15-11-33(12-16-36)29-35-31-51-44-42(32-52-43(35)44)54-53-30-34-13-17-37(18-14-34)46-48-39-21-25-41(26-22-39)50-28-10-8-6-4-2/h11-26,35,42-44H,3-10,27-32H2,1-2H3/t35-,42+,43-,44-/m1/s1. The van der Waals surface area contributed by atoms with E-state index in [0.29, 0.717) is 19.8 Å². The fourth-order valence-corrected chi connectivity index (χ4v) is 6.54. The van der Waals surface area contributed by atoms with Crippen molar-refractivity contribution in [2.75, 3.05) is 26.4 Å². The van der Waals surface area contributed by atoms with Crippen LogP contribution in [-0.4, -0.2) is 44.7 Å². The van der Waals surface area contributed by atoms with E-state index in [1.807, 2.05) is 84.9 Å². The summed E-state index contributed by atoms with van der Waals surface area (Å²) in [5, 5.41) is 17.5. The molecule has 0 aliphatic carbocycles. The third kappa shape index (κ3) is 12.3. The lowest BCUT2D eigenvalue weighted by atomic mass is 9.94. The summed E-state index contributed by atoms with van der Waals surface area (Å²) in [4.78, 5) is 11.4. The molecule has 4 atom stereocenters. The molecule has 0 N–H and O–H groups in total. The molecule has 0 bridgehead atoms. The van der Waals surface area contributed by atoms with E-state index in [4.69, 9.17) is 28.7 Å². The van der Waals surface area contributed by atoms with Crippen molar-refractivity contribution in [2.24, 2.45) is 26.4 Å². The number of azo groups is 2. The molecule has 4 aromatic carbocycles. The number of ether oxygens (including phenoxy) is 4. The monoisotopic (exact) mass is 734 g/mol. The van der Waals surface area contributed by atoms with Crippen LogP contribution in [0.2, 0.25) is 0 Å². The summed E-state index contributed by atoms with van der Waals surface area (Å²) in [5.41, 5.74) is 5.29. The van der Waals surface area contributed by atoms with Gasteiger partial charge in [0.2, 0.25) is 0 Å². The van der Waals surface area contributed by atoms with Crippen LogP contribution in [-0.2, 0) is 32.3 Å². The highest BCUT2D eigenvalue weighted by molar-refractivity contribution is 5.44. The summed E-state index contributed by atoms with van der Waals surface area (Å²) in [5.74, 6) is 1.95. The Morgan fingerprint density at radius 1 is 0.519 bits per heavy atom. The number of rotatable bonds is 22. The Morgan fingerprint density at radius 2 is 0.981 bits per heavy atom. The molecular weight excluding hydrogens is 681 g/mol. The number of nitrogens with zero attached hydrogens (tertiary/aromatic N) is 4. The van der Waals surface area contributed by atoms with Crippen LogP contribution in [0.25, 0.3) is 0 Å². The van der Waals surface area contributed by atoms with Gasteiger partial charge in [0.15, 0.2) is 0 Å². The van der Waals surface area contributed by atoms with Crippen molar-refractivity contribution >= 4 is 22.7 Å². The Bertz CT molecular complexity index is 1710. The molecule has 0 saturated carbocycles. The van der Waals surface area contributed by atoms with Crippen LogP contribution in [0, 0.1) is 5.92 Å². The smallest absolute Gasteiger partial charge is 0.145 e. The van der Waals surface area contributed by atoms with Gasteiger partial charge in [-0.05, 0) is 103 Å². The van der Waals surface area contributed by atoms with Crippen molar-refractivity contribution in [1.29, 1.82) is 0 Å². The van der Waals surface area contributed by atoms with Gasteiger partial charge in [-0.25, -0.2) is 9.78 Å². The number of benzene rings is 4. The summed E-state index contributed by atoms with van der Waals surface area (Å²) in [6.07, 6.45) is 9.89. The molecule has 6 rings (SSSR count). The Morgan fingerprint density at radius 3 is 1.48 bits per heavy atom. The fraction of sp³-hybridized carbons (Fsp3) is 0.455. The van der Waals surface area contributed by atoms with Gasteiger partial charge in [0.25, 0.3) is 0 Å². The summed E-state index contributed by atoms with van der Waals surface area (Å²) in [6, 6.07) is 31.4. The highest BCUT2D eigenvalue weighted by Gasteiger charge is 2.48. The summed E-state index contributed by atoms with van der Waals surface area (Å²) < 4.78 is 23.9. The van der Waals surface area contributed by atoms with Crippen LogP contribution >= 0.6 is 0 Å². The van der Waals surface area contributed by atoms with E-state index in [1.54, 1.807) is 0 Å². The molecule has 286 valence electrons. The molecule has 10 nitrogen and oxygen atoms in total. The lowest BCUT2D eigenvalue weighted by Gasteiger charge is -2.16. The molecule has 0 amide bonds. The van der Waals surface area contributed by atoms with Crippen LogP contribution in [0.3, 0.4) is 0 Å². The van der Waals surface area contributed by atoms with Crippen LogP contribution < -0.4 is 9.47 Å². The average molecular weight is 735 g/mol. The van der Waals surface area contributed by atoms with Gasteiger partial charge >= 0.3 is 0 Å². The second-order valence-corrected chi connectivity index (χ2v) is 14.0. The van der Waals surface area contributed by atoms with Crippen LogP contribution in [0.4, 0.5) is 22.7 Å².